The molecule has 4 nitrogen and oxygen atoms in total. The van der Waals surface area contributed by atoms with Gasteiger partial charge in [0.05, 0.1) is 5.60 Å². The highest BCUT2D eigenvalue weighted by molar-refractivity contribution is 7.87. The molecule has 1 rings (SSSR count). The maximum atomic E-state index is 12.2. The molecule has 0 aromatic heterocycles. The summed E-state index contributed by atoms with van der Waals surface area (Å²) < 4.78 is 62.8. The first kappa shape index (κ1) is 17.6. The molecule has 0 bridgehead atoms. The molecule has 0 saturated heterocycles. The van der Waals surface area contributed by atoms with E-state index in [2.05, 4.69) is 4.18 Å². The number of hydrogen-bond acceptors (Lipinski definition) is 4. The van der Waals surface area contributed by atoms with Crippen LogP contribution in [0, 0.1) is 0 Å². The lowest BCUT2D eigenvalue weighted by Crippen LogP contribution is -2.35. The Morgan fingerprint density at radius 1 is 1.14 bits per heavy atom. The van der Waals surface area contributed by atoms with Gasteiger partial charge in [0.1, 0.15) is 0 Å². The monoisotopic (exact) mass is 324 g/mol. The van der Waals surface area contributed by atoms with Crippen molar-refractivity contribution in [3.05, 3.63) is 35.9 Å². The molecular formula is C13H15F3O4S. The van der Waals surface area contributed by atoms with E-state index in [1.165, 1.54) is 13.8 Å². The highest BCUT2D eigenvalue weighted by Gasteiger charge is 2.50. The second-order valence-corrected chi connectivity index (χ2v) is 6.57. The largest absolute Gasteiger partial charge is 0.523 e. The van der Waals surface area contributed by atoms with Gasteiger partial charge in [-0.2, -0.15) is 21.6 Å². The van der Waals surface area contributed by atoms with E-state index in [1.54, 1.807) is 30.3 Å². The Kier molecular flexibility index (Phi) is 5.16. The summed E-state index contributed by atoms with van der Waals surface area (Å²) in [6.45, 7) is 2.38. The van der Waals surface area contributed by atoms with Gasteiger partial charge >= 0.3 is 15.6 Å². The molecule has 0 heterocycles. The maximum absolute atomic E-state index is 12.2. The van der Waals surface area contributed by atoms with Crippen LogP contribution in [0.5, 0.6) is 0 Å². The lowest BCUT2D eigenvalue weighted by Gasteiger charge is -2.24. The fraction of sp³-hybridized carbons (Fsp3) is 0.462. The predicted octanol–water partition coefficient (Wildman–Crippen LogP) is 3.29. The van der Waals surface area contributed by atoms with E-state index in [9.17, 15) is 26.4 Å². The van der Waals surface area contributed by atoms with Crippen LogP contribution in [0.25, 0.3) is 0 Å². The van der Waals surface area contributed by atoms with Crippen LogP contribution in [0.1, 0.15) is 37.0 Å². The van der Waals surface area contributed by atoms with Crippen LogP contribution >= 0.6 is 0 Å². The van der Waals surface area contributed by atoms with Crippen molar-refractivity contribution in [3.63, 3.8) is 0 Å². The molecular weight excluding hydrogens is 309 g/mol. The summed E-state index contributed by atoms with van der Waals surface area (Å²) in [5.41, 5.74) is -6.70. The number of carbonyl (C=O) groups excluding carboxylic acids is 1. The van der Waals surface area contributed by atoms with Gasteiger partial charge in [0.25, 0.3) is 0 Å². The maximum Gasteiger partial charge on any atom is 0.523 e. The molecule has 0 aliphatic carbocycles. The lowest BCUT2D eigenvalue weighted by atomic mass is 9.98. The molecule has 8 heteroatoms. The average Bonchev–Trinajstić information content (AvgIpc) is 2.34. The van der Waals surface area contributed by atoms with E-state index in [0.717, 1.165) is 0 Å². The van der Waals surface area contributed by atoms with E-state index < -0.39 is 21.2 Å². The van der Waals surface area contributed by atoms with E-state index in [0.29, 0.717) is 5.56 Å². The fourth-order valence-electron chi connectivity index (χ4n) is 1.57. The van der Waals surface area contributed by atoms with Crippen molar-refractivity contribution in [2.75, 3.05) is 0 Å². The predicted molar refractivity (Wildman–Crippen MR) is 70.1 cm³/mol. The highest BCUT2D eigenvalue weighted by atomic mass is 32.2. The minimum Gasteiger partial charge on any atom is -0.294 e. The molecule has 118 valence electrons. The zero-order valence-electron chi connectivity index (χ0n) is 11.5. The van der Waals surface area contributed by atoms with Gasteiger partial charge in [0, 0.05) is 12.0 Å². The van der Waals surface area contributed by atoms with Gasteiger partial charge < -0.3 is 0 Å². The first-order valence-corrected chi connectivity index (χ1v) is 7.46. The van der Waals surface area contributed by atoms with Crippen LogP contribution in [-0.4, -0.2) is 25.3 Å². The fourth-order valence-corrected chi connectivity index (χ4v) is 2.34. The van der Waals surface area contributed by atoms with E-state index in [1.807, 2.05) is 0 Å². The molecule has 0 N–H and O–H groups in total. The number of carbonyl (C=O) groups is 1. The van der Waals surface area contributed by atoms with Crippen LogP contribution in [0.15, 0.2) is 30.3 Å². The second kappa shape index (κ2) is 6.15. The summed E-state index contributed by atoms with van der Waals surface area (Å²) in [5.74, 6) is -0.295. The van der Waals surface area contributed by atoms with Gasteiger partial charge in [-0.05, 0) is 20.3 Å². The highest BCUT2D eigenvalue weighted by Crippen LogP contribution is 2.30. The number of halogens is 3. The van der Waals surface area contributed by atoms with Gasteiger partial charge in [-0.1, -0.05) is 30.3 Å². The van der Waals surface area contributed by atoms with Crippen LogP contribution < -0.4 is 0 Å². The first-order chi connectivity index (χ1) is 9.45. The van der Waals surface area contributed by atoms with Crippen molar-refractivity contribution in [1.29, 1.82) is 0 Å². The SMILES string of the molecule is CC(C)(CCC(=O)c1ccccc1)OS(=O)(=O)C(F)(F)F. The Balaban J connectivity index is 2.68. The third kappa shape index (κ3) is 5.13. The number of ketones is 1. The Bertz CT molecular complexity index is 592. The first-order valence-electron chi connectivity index (χ1n) is 6.05. The smallest absolute Gasteiger partial charge is 0.294 e. The third-order valence-corrected chi connectivity index (χ3v) is 3.91. The van der Waals surface area contributed by atoms with Gasteiger partial charge in [0.15, 0.2) is 5.78 Å². The molecule has 0 aliphatic heterocycles. The molecule has 0 radical (unpaired) electrons. The number of rotatable bonds is 6. The summed E-state index contributed by atoms with van der Waals surface area (Å²) in [5, 5.41) is 0. The number of hydrogen-bond donors (Lipinski definition) is 0. The summed E-state index contributed by atoms with van der Waals surface area (Å²) in [6.07, 6.45) is -0.277. The van der Waals surface area contributed by atoms with Crippen LogP contribution in [0.4, 0.5) is 13.2 Å². The summed E-state index contributed by atoms with van der Waals surface area (Å²) in [7, 11) is -5.68. The molecule has 0 amide bonds. The minimum atomic E-state index is -5.68. The molecule has 0 atom stereocenters. The van der Waals surface area contributed by atoms with Crippen LogP contribution in [-0.2, 0) is 14.3 Å². The number of benzene rings is 1. The van der Waals surface area contributed by atoms with Crippen molar-refractivity contribution in [2.24, 2.45) is 0 Å². The molecule has 1 aromatic rings. The van der Waals surface area contributed by atoms with Crippen molar-refractivity contribution >= 4 is 15.9 Å². The molecule has 0 unspecified atom stereocenters. The normalized spacial score (nSPS) is 13.2. The number of Topliss-reactive ketones (excluding diaryl/α,β-unsaturated/α-hetero) is 1. The van der Waals surface area contributed by atoms with Crippen molar-refractivity contribution in [3.8, 4) is 0 Å². The molecule has 0 aliphatic rings. The van der Waals surface area contributed by atoms with Crippen molar-refractivity contribution in [2.45, 2.75) is 37.8 Å². The van der Waals surface area contributed by atoms with Gasteiger partial charge in [-0.3, -0.25) is 8.98 Å². The molecule has 1 aromatic carbocycles. The Morgan fingerprint density at radius 2 is 1.67 bits per heavy atom. The average molecular weight is 324 g/mol. The second-order valence-electron chi connectivity index (χ2n) is 5.03. The standard InChI is InChI=1S/C13H15F3O4S/c1-12(2,20-21(18,19)13(14,15)16)9-8-11(17)10-6-4-3-5-7-10/h3-7H,8-9H2,1-2H3. The van der Waals surface area contributed by atoms with Crippen molar-refractivity contribution in [1.82, 2.24) is 0 Å². The lowest BCUT2D eigenvalue weighted by molar-refractivity contribution is -0.0631. The van der Waals surface area contributed by atoms with E-state index >= 15 is 0 Å². The summed E-state index contributed by atoms with van der Waals surface area (Å²) >= 11 is 0. The van der Waals surface area contributed by atoms with Gasteiger partial charge in [0.2, 0.25) is 0 Å². The molecule has 0 spiro atoms. The summed E-state index contributed by atoms with van der Waals surface area (Å²) in [4.78, 5) is 11.8. The van der Waals surface area contributed by atoms with Crippen LogP contribution in [0.2, 0.25) is 0 Å². The van der Waals surface area contributed by atoms with Crippen molar-refractivity contribution < 1.29 is 30.6 Å². The quantitative estimate of drug-likeness (QED) is 0.458. The van der Waals surface area contributed by atoms with E-state index in [4.69, 9.17) is 0 Å². The molecule has 0 saturated carbocycles. The number of alkyl halides is 3. The molecule has 0 fully saturated rings. The third-order valence-electron chi connectivity index (χ3n) is 2.67. The summed E-state index contributed by atoms with van der Waals surface area (Å²) in [6, 6.07) is 8.18. The van der Waals surface area contributed by atoms with Gasteiger partial charge in [-0.25, -0.2) is 0 Å². The Morgan fingerprint density at radius 3 is 2.14 bits per heavy atom. The Hall–Kier alpha value is -1.41. The Labute approximate surface area is 121 Å². The molecule has 21 heavy (non-hydrogen) atoms. The zero-order chi connectivity index (χ0) is 16.3. The topological polar surface area (TPSA) is 60.4 Å². The van der Waals surface area contributed by atoms with E-state index in [-0.39, 0.29) is 18.6 Å². The minimum absolute atomic E-state index is 0.121. The van der Waals surface area contributed by atoms with Gasteiger partial charge in [-0.15, -0.1) is 0 Å². The van der Waals surface area contributed by atoms with Crippen LogP contribution in [0.3, 0.4) is 0 Å². The zero-order valence-corrected chi connectivity index (χ0v) is 12.3.